The molecule has 0 aromatic heterocycles. The van der Waals surface area contributed by atoms with E-state index in [4.69, 9.17) is 5.73 Å². The van der Waals surface area contributed by atoms with Crippen LogP contribution in [-0.2, 0) is 11.3 Å². The van der Waals surface area contributed by atoms with Crippen LogP contribution in [0.5, 0.6) is 0 Å². The summed E-state index contributed by atoms with van der Waals surface area (Å²) in [6.45, 7) is 0.0760. The highest BCUT2D eigenvalue weighted by molar-refractivity contribution is 8.13. The normalized spacial score (nSPS) is 16.4. The maximum absolute atomic E-state index is 13.1. The lowest BCUT2D eigenvalue weighted by atomic mass is 10.2. The third-order valence-electron chi connectivity index (χ3n) is 2.38. The van der Waals surface area contributed by atoms with Crippen molar-refractivity contribution in [2.75, 3.05) is 11.5 Å². The van der Waals surface area contributed by atoms with Gasteiger partial charge in [0.2, 0.25) is 5.91 Å². The highest BCUT2D eigenvalue weighted by atomic mass is 32.2. The Morgan fingerprint density at radius 3 is 2.76 bits per heavy atom. The molecule has 1 aromatic carbocycles. The number of carbonyl (C=O) groups excluding carboxylic acids is 2. The third kappa shape index (κ3) is 2.76. The number of imide groups is 1. The monoisotopic (exact) mass is 254 g/mol. The SMILES string of the molecule is Nc1cc(F)cc(CN2C(=O)CCSC2=O)c1. The van der Waals surface area contributed by atoms with Crippen LogP contribution in [0.1, 0.15) is 12.0 Å². The van der Waals surface area contributed by atoms with Crippen LogP contribution in [0, 0.1) is 5.82 Å². The van der Waals surface area contributed by atoms with E-state index < -0.39 is 5.82 Å². The molecule has 1 aliphatic rings. The quantitative estimate of drug-likeness (QED) is 0.820. The van der Waals surface area contributed by atoms with E-state index in [1.54, 1.807) is 6.07 Å². The Morgan fingerprint density at radius 1 is 1.35 bits per heavy atom. The Bertz CT molecular complexity index is 442. The Morgan fingerprint density at radius 2 is 2.12 bits per heavy atom. The largest absolute Gasteiger partial charge is 0.399 e. The number of amides is 2. The van der Waals surface area contributed by atoms with Gasteiger partial charge in [-0.05, 0) is 23.8 Å². The first kappa shape index (κ1) is 11.9. The van der Waals surface area contributed by atoms with Crippen molar-refractivity contribution < 1.29 is 14.0 Å². The second kappa shape index (κ2) is 4.75. The van der Waals surface area contributed by atoms with Crippen LogP contribution in [0.3, 0.4) is 0 Å². The molecular weight excluding hydrogens is 243 g/mol. The second-order valence-electron chi connectivity index (χ2n) is 3.74. The summed E-state index contributed by atoms with van der Waals surface area (Å²) in [5, 5.41) is -0.288. The molecule has 0 atom stereocenters. The predicted octanol–water partition coefficient (Wildman–Crippen LogP) is 1.99. The van der Waals surface area contributed by atoms with Crippen LogP contribution >= 0.6 is 11.8 Å². The Hall–Kier alpha value is -1.56. The molecule has 1 fully saturated rings. The van der Waals surface area contributed by atoms with Crippen molar-refractivity contribution in [2.24, 2.45) is 0 Å². The Kier molecular flexibility index (Phi) is 3.33. The lowest BCUT2D eigenvalue weighted by Crippen LogP contribution is -2.37. The van der Waals surface area contributed by atoms with Gasteiger partial charge in [-0.25, -0.2) is 4.39 Å². The van der Waals surface area contributed by atoms with Crippen LogP contribution in [-0.4, -0.2) is 21.8 Å². The molecule has 0 saturated carbocycles. The van der Waals surface area contributed by atoms with Crippen molar-refractivity contribution in [3.63, 3.8) is 0 Å². The minimum absolute atomic E-state index is 0.0760. The summed E-state index contributed by atoms with van der Waals surface area (Å²) in [6, 6.07) is 4.03. The average Bonchev–Trinajstić information content (AvgIpc) is 2.22. The molecule has 2 rings (SSSR count). The molecule has 90 valence electrons. The van der Waals surface area contributed by atoms with Crippen molar-refractivity contribution in [3.8, 4) is 0 Å². The predicted molar refractivity (Wildman–Crippen MR) is 63.8 cm³/mol. The maximum atomic E-state index is 13.1. The summed E-state index contributed by atoms with van der Waals surface area (Å²) in [4.78, 5) is 24.2. The van der Waals surface area contributed by atoms with Gasteiger partial charge in [0.05, 0.1) is 6.54 Å². The second-order valence-corrected chi connectivity index (χ2v) is 4.78. The number of thioether (sulfide) groups is 1. The van der Waals surface area contributed by atoms with Crippen molar-refractivity contribution in [1.29, 1.82) is 0 Å². The summed E-state index contributed by atoms with van der Waals surface area (Å²) in [7, 11) is 0. The van der Waals surface area contributed by atoms with E-state index in [2.05, 4.69) is 0 Å². The molecule has 0 bridgehead atoms. The van der Waals surface area contributed by atoms with Crippen LogP contribution in [0.2, 0.25) is 0 Å². The molecule has 17 heavy (non-hydrogen) atoms. The topological polar surface area (TPSA) is 63.4 Å². The van der Waals surface area contributed by atoms with Crippen molar-refractivity contribution in [2.45, 2.75) is 13.0 Å². The van der Waals surface area contributed by atoms with Crippen molar-refractivity contribution in [1.82, 2.24) is 4.90 Å². The highest BCUT2D eigenvalue weighted by Crippen LogP contribution is 2.21. The van der Waals surface area contributed by atoms with Crippen LogP contribution in [0.25, 0.3) is 0 Å². The number of benzene rings is 1. The smallest absolute Gasteiger partial charge is 0.288 e. The van der Waals surface area contributed by atoms with Crippen LogP contribution < -0.4 is 5.73 Å². The first-order chi connectivity index (χ1) is 8.06. The number of halogens is 1. The van der Waals surface area contributed by atoms with E-state index in [1.807, 2.05) is 0 Å². The number of nitrogens with zero attached hydrogens (tertiary/aromatic N) is 1. The van der Waals surface area contributed by atoms with E-state index in [1.165, 1.54) is 12.1 Å². The van der Waals surface area contributed by atoms with Gasteiger partial charge in [0.1, 0.15) is 5.82 Å². The molecule has 0 radical (unpaired) electrons. The minimum Gasteiger partial charge on any atom is -0.399 e. The van der Waals surface area contributed by atoms with E-state index >= 15 is 0 Å². The third-order valence-corrected chi connectivity index (χ3v) is 3.26. The minimum atomic E-state index is -0.468. The van der Waals surface area contributed by atoms with Gasteiger partial charge in [-0.1, -0.05) is 11.8 Å². The lowest BCUT2D eigenvalue weighted by molar-refractivity contribution is -0.128. The van der Waals surface area contributed by atoms with Gasteiger partial charge in [0, 0.05) is 17.9 Å². The van der Waals surface area contributed by atoms with Gasteiger partial charge in [0.15, 0.2) is 0 Å². The average molecular weight is 254 g/mol. The van der Waals surface area contributed by atoms with Gasteiger partial charge in [-0.15, -0.1) is 0 Å². The number of hydrogen-bond donors (Lipinski definition) is 1. The van der Waals surface area contributed by atoms with Crippen LogP contribution in [0.4, 0.5) is 14.9 Å². The molecule has 1 heterocycles. The fourth-order valence-electron chi connectivity index (χ4n) is 1.64. The molecule has 0 unspecified atom stereocenters. The maximum Gasteiger partial charge on any atom is 0.288 e. The molecule has 0 spiro atoms. The zero-order valence-electron chi connectivity index (χ0n) is 8.98. The first-order valence-corrected chi connectivity index (χ1v) is 6.07. The molecule has 4 nitrogen and oxygen atoms in total. The lowest BCUT2D eigenvalue weighted by Gasteiger charge is -2.24. The summed E-state index contributed by atoms with van der Waals surface area (Å²) in [5.74, 6) is -0.180. The number of hydrogen-bond acceptors (Lipinski definition) is 4. The van der Waals surface area contributed by atoms with Gasteiger partial charge in [0.25, 0.3) is 5.24 Å². The Labute approximate surface area is 102 Å². The summed E-state index contributed by atoms with van der Waals surface area (Å²) < 4.78 is 13.1. The molecule has 1 aromatic rings. The molecule has 0 aliphatic carbocycles. The zero-order valence-corrected chi connectivity index (χ0v) is 9.80. The van der Waals surface area contributed by atoms with Crippen molar-refractivity contribution in [3.05, 3.63) is 29.6 Å². The summed E-state index contributed by atoms with van der Waals surface area (Å²) in [6.07, 6.45) is 0.335. The summed E-state index contributed by atoms with van der Waals surface area (Å²) >= 11 is 1.10. The highest BCUT2D eigenvalue weighted by Gasteiger charge is 2.26. The number of nitrogen functional groups attached to an aromatic ring is 1. The molecule has 2 N–H and O–H groups in total. The number of rotatable bonds is 2. The fraction of sp³-hybridized carbons (Fsp3) is 0.273. The van der Waals surface area contributed by atoms with Gasteiger partial charge < -0.3 is 5.73 Å². The van der Waals surface area contributed by atoms with Gasteiger partial charge in [-0.3, -0.25) is 14.5 Å². The standard InChI is InChI=1S/C11H11FN2O2S/c12-8-3-7(4-9(13)5-8)6-14-10(15)1-2-17-11(14)16/h3-5H,1-2,6,13H2. The van der Waals surface area contributed by atoms with E-state index in [0.29, 0.717) is 17.7 Å². The van der Waals surface area contributed by atoms with Crippen LogP contribution in [0.15, 0.2) is 18.2 Å². The van der Waals surface area contributed by atoms with Crippen molar-refractivity contribution >= 4 is 28.6 Å². The summed E-state index contributed by atoms with van der Waals surface area (Å²) in [5.41, 5.74) is 6.30. The number of carbonyl (C=O) groups is 2. The van der Waals surface area contributed by atoms with E-state index in [9.17, 15) is 14.0 Å². The van der Waals surface area contributed by atoms with E-state index in [-0.39, 0.29) is 23.4 Å². The molecular formula is C11H11FN2O2S. The van der Waals surface area contributed by atoms with E-state index in [0.717, 1.165) is 16.7 Å². The number of nitrogens with two attached hydrogens (primary N) is 1. The molecule has 6 heteroatoms. The van der Waals surface area contributed by atoms with Gasteiger partial charge in [-0.2, -0.15) is 0 Å². The molecule has 1 saturated heterocycles. The first-order valence-electron chi connectivity index (χ1n) is 5.08. The van der Waals surface area contributed by atoms with Gasteiger partial charge >= 0.3 is 0 Å². The molecule has 1 aliphatic heterocycles. The zero-order chi connectivity index (χ0) is 12.4. The molecule has 2 amide bonds. The number of anilines is 1. The fourth-order valence-corrected chi connectivity index (χ4v) is 2.42. The Balaban J connectivity index is 2.19.